The summed E-state index contributed by atoms with van der Waals surface area (Å²) < 4.78 is 67.8. The number of nitrogens with one attached hydrogen (secondary N) is 1. The summed E-state index contributed by atoms with van der Waals surface area (Å²) >= 11 is 0. The zero-order chi connectivity index (χ0) is 21.1. The average Bonchev–Trinajstić information content (AvgIpc) is 2.59. The Labute approximate surface area is 156 Å². The number of hydrogen-bond acceptors (Lipinski definition) is 5. The van der Waals surface area contributed by atoms with Gasteiger partial charge < -0.3 is 15.8 Å². The van der Waals surface area contributed by atoms with Crippen molar-refractivity contribution in [3.05, 3.63) is 27.8 Å². The molecule has 0 bridgehead atoms. The lowest BCUT2D eigenvalue weighted by molar-refractivity contribution is -0.383. The maximum absolute atomic E-state index is 12.7. The minimum Gasteiger partial charge on any atom is -0.487 e. The fourth-order valence-electron chi connectivity index (χ4n) is 3.02. The monoisotopic (exact) mass is 411 g/mol. The highest BCUT2D eigenvalue weighted by Crippen LogP contribution is 2.38. The van der Waals surface area contributed by atoms with Crippen molar-refractivity contribution in [2.24, 2.45) is 5.92 Å². The second-order valence-electron chi connectivity index (χ2n) is 6.43. The van der Waals surface area contributed by atoms with Gasteiger partial charge in [-0.05, 0) is 25.7 Å². The molecular weight excluding hydrogens is 393 g/mol. The van der Waals surface area contributed by atoms with Crippen LogP contribution in [0, 0.1) is 16.0 Å². The van der Waals surface area contributed by atoms with Crippen molar-refractivity contribution in [3.63, 3.8) is 0 Å². The summed E-state index contributed by atoms with van der Waals surface area (Å²) in [5.41, 5.74) is 4.11. The van der Waals surface area contributed by atoms with E-state index in [1.807, 2.05) is 0 Å². The number of nitro groups is 1. The van der Waals surface area contributed by atoms with E-state index in [0.717, 1.165) is 12.1 Å². The summed E-state index contributed by atoms with van der Waals surface area (Å²) in [5.74, 6) is -2.68. The van der Waals surface area contributed by atoms with Crippen LogP contribution in [0.1, 0.15) is 36.0 Å². The minimum atomic E-state index is -4.30. The van der Waals surface area contributed by atoms with Gasteiger partial charge in [-0.3, -0.25) is 14.9 Å². The van der Waals surface area contributed by atoms with Gasteiger partial charge in [-0.2, -0.15) is 13.2 Å². The minimum absolute atomic E-state index is 0.0696. The smallest absolute Gasteiger partial charge is 0.391 e. The Kier molecular flexibility index (Phi) is 6.62. The zero-order valence-electron chi connectivity index (χ0n) is 14.5. The first-order valence-electron chi connectivity index (χ1n) is 8.35. The highest BCUT2D eigenvalue weighted by atomic mass is 19.4. The lowest BCUT2D eigenvalue weighted by Crippen LogP contribution is -2.40. The van der Waals surface area contributed by atoms with Gasteiger partial charge >= 0.3 is 6.18 Å². The Morgan fingerprint density at radius 3 is 2.39 bits per heavy atom. The highest BCUT2D eigenvalue weighted by molar-refractivity contribution is 5.98. The van der Waals surface area contributed by atoms with Crippen LogP contribution in [0.4, 0.5) is 33.3 Å². The molecule has 0 spiro atoms. The lowest BCUT2D eigenvalue weighted by atomic mass is 9.85. The van der Waals surface area contributed by atoms with Gasteiger partial charge in [-0.15, -0.1) is 0 Å². The van der Waals surface area contributed by atoms with Crippen LogP contribution in [0.3, 0.4) is 0 Å². The van der Waals surface area contributed by atoms with Gasteiger partial charge in [0.1, 0.15) is 18.0 Å². The van der Waals surface area contributed by atoms with Gasteiger partial charge in [0, 0.05) is 18.2 Å². The summed E-state index contributed by atoms with van der Waals surface area (Å²) in [6, 6.07) is 1.12. The number of carbonyl (C=O) groups is 1. The van der Waals surface area contributed by atoms with E-state index in [2.05, 4.69) is 5.32 Å². The number of nitrogens with zero attached hydrogens (tertiary/aromatic N) is 1. The second kappa shape index (κ2) is 8.57. The predicted molar refractivity (Wildman–Crippen MR) is 88.3 cm³/mol. The van der Waals surface area contributed by atoms with Crippen molar-refractivity contribution in [2.75, 3.05) is 12.3 Å². The fourth-order valence-corrected chi connectivity index (χ4v) is 3.02. The number of benzene rings is 1. The molecule has 0 aromatic heterocycles. The first kappa shape index (κ1) is 21.6. The first-order chi connectivity index (χ1) is 13.0. The molecule has 1 fully saturated rings. The van der Waals surface area contributed by atoms with Crippen molar-refractivity contribution in [2.45, 2.75) is 44.3 Å². The third kappa shape index (κ3) is 5.42. The molecule has 1 aliphatic carbocycles. The summed E-state index contributed by atoms with van der Waals surface area (Å²) in [6.07, 6.45) is -7.34. The van der Waals surface area contributed by atoms with Crippen molar-refractivity contribution in [1.29, 1.82) is 0 Å². The number of ether oxygens (including phenoxy) is 1. The van der Waals surface area contributed by atoms with Crippen molar-refractivity contribution < 1.29 is 36.4 Å². The second-order valence-corrected chi connectivity index (χ2v) is 6.43. The van der Waals surface area contributed by atoms with E-state index in [1.54, 1.807) is 0 Å². The average molecular weight is 411 g/mol. The van der Waals surface area contributed by atoms with Gasteiger partial charge in [-0.25, -0.2) is 8.78 Å². The molecule has 1 aliphatic rings. The van der Waals surface area contributed by atoms with E-state index in [-0.39, 0.29) is 42.7 Å². The molecule has 156 valence electrons. The Morgan fingerprint density at radius 1 is 1.29 bits per heavy atom. The van der Waals surface area contributed by atoms with E-state index >= 15 is 0 Å². The van der Waals surface area contributed by atoms with Crippen LogP contribution >= 0.6 is 0 Å². The number of nitrogen functional groups attached to an aromatic ring is 1. The standard InChI is InChI=1S/C16H18F5N3O4/c17-14(18)7-28-13-6-11(22)12(24(26)27)5-10(13)15(25)23-9-3-1-8(2-4-9)16(19,20)21/h5-6,8-9,14H,1-4,7,22H2,(H,23,25). The van der Waals surface area contributed by atoms with Crippen LogP contribution in [0.15, 0.2) is 12.1 Å². The van der Waals surface area contributed by atoms with E-state index in [1.165, 1.54) is 0 Å². The number of hydrogen-bond donors (Lipinski definition) is 2. The molecule has 3 N–H and O–H groups in total. The van der Waals surface area contributed by atoms with Gasteiger partial charge in [0.2, 0.25) is 0 Å². The molecular formula is C16H18F5N3O4. The molecule has 1 saturated carbocycles. The maximum atomic E-state index is 12.7. The van der Waals surface area contributed by atoms with Crippen molar-refractivity contribution >= 4 is 17.3 Å². The third-order valence-electron chi connectivity index (χ3n) is 4.46. The topological polar surface area (TPSA) is 107 Å². The zero-order valence-corrected chi connectivity index (χ0v) is 14.5. The van der Waals surface area contributed by atoms with Gasteiger partial charge in [0.25, 0.3) is 18.0 Å². The van der Waals surface area contributed by atoms with Crippen LogP contribution in [-0.4, -0.2) is 36.1 Å². The molecule has 0 radical (unpaired) electrons. The number of anilines is 1. The van der Waals surface area contributed by atoms with Crippen LogP contribution in [0.5, 0.6) is 5.75 Å². The normalized spacial score (nSPS) is 20.1. The Balaban J connectivity index is 2.16. The van der Waals surface area contributed by atoms with E-state index < -0.39 is 47.7 Å². The maximum Gasteiger partial charge on any atom is 0.391 e. The Hall–Kier alpha value is -2.66. The summed E-state index contributed by atoms with van der Waals surface area (Å²) in [4.78, 5) is 22.6. The van der Waals surface area contributed by atoms with Crippen LogP contribution < -0.4 is 15.8 Å². The van der Waals surface area contributed by atoms with E-state index in [9.17, 15) is 36.9 Å². The molecule has 7 nitrogen and oxygen atoms in total. The van der Waals surface area contributed by atoms with Gasteiger partial charge in [0.15, 0.2) is 0 Å². The third-order valence-corrected chi connectivity index (χ3v) is 4.46. The van der Waals surface area contributed by atoms with E-state index in [0.29, 0.717) is 0 Å². The molecule has 0 heterocycles. The van der Waals surface area contributed by atoms with Gasteiger partial charge in [0.05, 0.1) is 16.4 Å². The molecule has 0 atom stereocenters. The molecule has 12 heteroatoms. The van der Waals surface area contributed by atoms with Crippen LogP contribution in [0.2, 0.25) is 0 Å². The largest absolute Gasteiger partial charge is 0.487 e. The first-order valence-corrected chi connectivity index (χ1v) is 8.35. The number of nitro benzene ring substituents is 1. The Morgan fingerprint density at radius 2 is 1.89 bits per heavy atom. The summed E-state index contributed by atoms with van der Waals surface area (Å²) in [7, 11) is 0. The molecule has 0 unspecified atom stereocenters. The SMILES string of the molecule is Nc1cc(OCC(F)F)c(C(=O)NC2CCC(C(F)(F)F)CC2)cc1[N+](=O)[O-]. The van der Waals surface area contributed by atoms with Crippen molar-refractivity contribution in [1.82, 2.24) is 5.32 Å². The number of amides is 1. The molecule has 1 aromatic carbocycles. The number of halogens is 5. The highest BCUT2D eigenvalue weighted by Gasteiger charge is 2.41. The number of nitrogens with two attached hydrogens (primary N) is 1. The number of alkyl halides is 5. The quantitative estimate of drug-likeness (QED) is 0.321. The predicted octanol–water partition coefficient (Wildman–Crippen LogP) is 3.67. The molecule has 0 saturated heterocycles. The van der Waals surface area contributed by atoms with Crippen LogP contribution in [0.25, 0.3) is 0 Å². The van der Waals surface area contributed by atoms with Crippen molar-refractivity contribution in [3.8, 4) is 5.75 Å². The number of carbonyl (C=O) groups excluding carboxylic acids is 1. The van der Waals surface area contributed by atoms with E-state index in [4.69, 9.17) is 10.5 Å². The van der Waals surface area contributed by atoms with Crippen LogP contribution in [-0.2, 0) is 0 Å². The summed E-state index contributed by atoms with van der Waals surface area (Å²) in [6.45, 7) is -1.06. The van der Waals surface area contributed by atoms with Gasteiger partial charge in [-0.1, -0.05) is 0 Å². The summed E-state index contributed by atoms with van der Waals surface area (Å²) in [5, 5.41) is 13.5. The molecule has 1 aromatic rings. The lowest BCUT2D eigenvalue weighted by Gasteiger charge is -2.30. The number of rotatable bonds is 6. The molecule has 28 heavy (non-hydrogen) atoms. The Bertz CT molecular complexity index is 734. The molecule has 0 aliphatic heterocycles. The molecule has 1 amide bonds. The fraction of sp³-hybridized carbons (Fsp3) is 0.562. The molecule has 2 rings (SSSR count).